The standard InChI is InChI=1S/C26H42N4O3/c1-5-7-8-9-10-15-23(31)29-16-18-30(19-17-29)25(32)24(20(3)6-2)28-26(33)27-22-14-12-11-13-21(22)4/h11-14,20,24H,5-10,15-19H2,1-4H3,(H2,27,28,33). The van der Waals surface area contributed by atoms with E-state index < -0.39 is 6.04 Å². The van der Waals surface area contributed by atoms with E-state index in [-0.39, 0.29) is 23.8 Å². The van der Waals surface area contributed by atoms with Crippen LogP contribution in [-0.2, 0) is 9.59 Å². The third-order valence-electron chi connectivity index (χ3n) is 6.60. The first-order valence-corrected chi connectivity index (χ1v) is 12.6. The Bertz CT molecular complexity index is 775. The SMILES string of the molecule is CCCCCCCC(=O)N1CCN(C(=O)C(NC(=O)Nc2ccccc2C)C(C)CC)CC1. The van der Waals surface area contributed by atoms with Gasteiger partial charge in [0.15, 0.2) is 0 Å². The average Bonchev–Trinajstić information content (AvgIpc) is 2.83. The minimum Gasteiger partial charge on any atom is -0.339 e. The summed E-state index contributed by atoms with van der Waals surface area (Å²) in [5, 5.41) is 5.76. The van der Waals surface area contributed by atoms with Crippen molar-refractivity contribution in [1.29, 1.82) is 0 Å². The zero-order chi connectivity index (χ0) is 24.2. The Labute approximate surface area is 199 Å². The van der Waals surface area contributed by atoms with E-state index in [2.05, 4.69) is 17.6 Å². The van der Waals surface area contributed by atoms with Crippen molar-refractivity contribution in [1.82, 2.24) is 15.1 Å². The van der Waals surface area contributed by atoms with Crippen LogP contribution >= 0.6 is 0 Å². The van der Waals surface area contributed by atoms with Gasteiger partial charge in [0, 0.05) is 38.3 Å². The van der Waals surface area contributed by atoms with Crippen molar-refractivity contribution >= 4 is 23.5 Å². The summed E-state index contributed by atoms with van der Waals surface area (Å²) in [7, 11) is 0. The van der Waals surface area contributed by atoms with Crippen LogP contribution in [0, 0.1) is 12.8 Å². The number of benzene rings is 1. The summed E-state index contributed by atoms with van der Waals surface area (Å²) in [5.41, 5.74) is 1.69. The summed E-state index contributed by atoms with van der Waals surface area (Å²) in [5.74, 6) is 0.117. The molecule has 33 heavy (non-hydrogen) atoms. The lowest BCUT2D eigenvalue weighted by atomic mass is 9.97. The van der Waals surface area contributed by atoms with Gasteiger partial charge >= 0.3 is 6.03 Å². The van der Waals surface area contributed by atoms with Crippen molar-refractivity contribution in [3.63, 3.8) is 0 Å². The molecule has 1 aliphatic rings. The second kappa shape index (κ2) is 13.9. The van der Waals surface area contributed by atoms with Crippen molar-refractivity contribution in [2.45, 2.75) is 78.7 Å². The molecular weight excluding hydrogens is 416 g/mol. The second-order valence-electron chi connectivity index (χ2n) is 9.15. The normalized spacial score (nSPS) is 15.6. The van der Waals surface area contributed by atoms with E-state index in [1.54, 1.807) is 4.90 Å². The fourth-order valence-electron chi connectivity index (χ4n) is 4.11. The van der Waals surface area contributed by atoms with Crippen LogP contribution in [0.2, 0.25) is 0 Å². The van der Waals surface area contributed by atoms with E-state index in [1.165, 1.54) is 19.3 Å². The summed E-state index contributed by atoms with van der Waals surface area (Å²) < 4.78 is 0. The number of nitrogens with one attached hydrogen (secondary N) is 2. The number of carbonyl (C=O) groups excluding carboxylic acids is 3. The lowest BCUT2D eigenvalue weighted by Gasteiger charge is -2.37. The zero-order valence-electron chi connectivity index (χ0n) is 20.9. The van der Waals surface area contributed by atoms with Crippen molar-refractivity contribution in [3.05, 3.63) is 29.8 Å². The van der Waals surface area contributed by atoms with Crippen LogP contribution in [-0.4, -0.2) is 59.9 Å². The molecule has 1 aliphatic heterocycles. The highest BCUT2D eigenvalue weighted by Gasteiger charge is 2.32. The molecule has 4 amide bonds. The number of carbonyl (C=O) groups is 3. The Hall–Kier alpha value is -2.57. The van der Waals surface area contributed by atoms with Gasteiger partial charge in [0.1, 0.15) is 6.04 Å². The summed E-state index contributed by atoms with van der Waals surface area (Å²) in [4.78, 5) is 42.1. The predicted molar refractivity (Wildman–Crippen MR) is 133 cm³/mol. The quantitative estimate of drug-likeness (QED) is 0.477. The van der Waals surface area contributed by atoms with E-state index in [1.807, 2.05) is 49.9 Å². The molecule has 184 valence electrons. The third kappa shape index (κ3) is 8.37. The van der Waals surface area contributed by atoms with Crippen molar-refractivity contribution in [3.8, 4) is 0 Å². The maximum absolute atomic E-state index is 13.3. The first kappa shape index (κ1) is 26.7. The van der Waals surface area contributed by atoms with Crippen molar-refractivity contribution in [2.75, 3.05) is 31.5 Å². The van der Waals surface area contributed by atoms with Gasteiger partial charge in [-0.15, -0.1) is 0 Å². The van der Waals surface area contributed by atoms with Gasteiger partial charge in [0.25, 0.3) is 0 Å². The Balaban J connectivity index is 1.87. The number of piperazine rings is 1. The van der Waals surface area contributed by atoms with Gasteiger partial charge in [-0.2, -0.15) is 0 Å². The van der Waals surface area contributed by atoms with Crippen molar-refractivity contribution in [2.24, 2.45) is 5.92 Å². The summed E-state index contributed by atoms with van der Waals surface area (Å²) >= 11 is 0. The molecule has 1 aromatic rings. The van der Waals surface area contributed by atoms with E-state index in [9.17, 15) is 14.4 Å². The highest BCUT2D eigenvalue weighted by atomic mass is 16.2. The second-order valence-corrected chi connectivity index (χ2v) is 9.15. The molecule has 2 unspecified atom stereocenters. The average molecular weight is 459 g/mol. The number of urea groups is 1. The van der Waals surface area contributed by atoms with Gasteiger partial charge in [-0.25, -0.2) is 4.79 Å². The van der Waals surface area contributed by atoms with Crippen LogP contribution in [0.1, 0.15) is 71.3 Å². The Morgan fingerprint density at radius 3 is 2.21 bits per heavy atom. The lowest BCUT2D eigenvalue weighted by Crippen LogP contribution is -2.57. The number of aryl methyl sites for hydroxylation is 1. The van der Waals surface area contributed by atoms with Gasteiger partial charge < -0.3 is 20.4 Å². The number of hydrogen-bond donors (Lipinski definition) is 2. The number of para-hydroxylation sites is 1. The Morgan fingerprint density at radius 2 is 1.58 bits per heavy atom. The minimum atomic E-state index is -0.597. The number of hydrogen-bond acceptors (Lipinski definition) is 3. The van der Waals surface area contributed by atoms with E-state index >= 15 is 0 Å². The molecule has 0 spiro atoms. The Kier molecular flexibility index (Phi) is 11.2. The molecule has 2 atom stereocenters. The molecule has 7 heteroatoms. The first-order chi connectivity index (χ1) is 15.9. The predicted octanol–water partition coefficient (Wildman–Crippen LogP) is 4.56. The summed E-state index contributed by atoms with van der Waals surface area (Å²) in [6.07, 6.45) is 7.02. The molecule has 7 nitrogen and oxygen atoms in total. The fourth-order valence-corrected chi connectivity index (χ4v) is 4.11. The monoisotopic (exact) mass is 458 g/mol. The van der Waals surface area contributed by atoms with Crippen molar-refractivity contribution < 1.29 is 14.4 Å². The number of unbranched alkanes of at least 4 members (excludes halogenated alkanes) is 4. The molecule has 0 saturated carbocycles. The number of nitrogens with zero attached hydrogens (tertiary/aromatic N) is 2. The molecular formula is C26H42N4O3. The number of amides is 4. The molecule has 2 rings (SSSR count). The van der Waals surface area contributed by atoms with E-state index in [4.69, 9.17) is 0 Å². The van der Waals surface area contributed by atoms with Gasteiger partial charge in [-0.05, 0) is 30.9 Å². The van der Waals surface area contributed by atoms with Crippen LogP contribution in [0.25, 0.3) is 0 Å². The molecule has 0 aromatic heterocycles. The largest absolute Gasteiger partial charge is 0.339 e. The molecule has 1 heterocycles. The van der Waals surface area contributed by atoms with Gasteiger partial charge in [0.2, 0.25) is 11.8 Å². The molecule has 0 bridgehead atoms. The highest BCUT2D eigenvalue weighted by Crippen LogP contribution is 2.16. The summed E-state index contributed by atoms with van der Waals surface area (Å²) in [6.45, 7) is 10.2. The highest BCUT2D eigenvalue weighted by molar-refractivity contribution is 5.94. The molecule has 1 saturated heterocycles. The number of anilines is 1. The molecule has 0 aliphatic carbocycles. The van der Waals surface area contributed by atoms with Crippen LogP contribution in [0.3, 0.4) is 0 Å². The van der Waals surface area contributed by atoms with Crippen LogP contribution < -0.4 is 10.6 Å². The van der Waals surface area contributed by atoms with Gasteiger partial charge in [-0.1, -0.05) is 71.1 Å². The fraction of sp³-hybridized carbons (Fsp3) is 0.654. The Morgan fingerprint density at radius 1 is 0.939 bits per heavy atom. The smallest absolute Gasteiger partial charge is 0.319 e. The van der Waals surface area contributed by atoms with Crippen LogP contribution in [0.4, 0.5) is 10.5 Å². The molecule has 1 aromatic carbocycles. The minimum absolute atomic E-state index is 0.00269. The topological polar surface area (TPSA) is 81.8 Å². The lowest BCUT2D eigenvalue weighted by molar-refractivity contribution is -0.141. The zero-order valence-corrected chi connectivity index (χ0v) is 20.9. The summed E-state index contributed by atoms with van der Waals surface area (Å²) in [6, 6.07) is 6.58. The van der Waals surface area contributed by atoms with Crippen LogP contribution in [0.5, 0.6) is 0 Å². The van der Waals surface area contributed by atoms with Gasteiger partial charge in [-0.3, -0.25) is 9.59 Å². The first-order valence-electron chi connectivity index (χ1n) is 12.6. The van der Waals surface area contributed by atoms with E-state index in [0.29, 0.717) is 32.6 Å². The van der Waals surface area contributed by atoms with Gasteiger partial charge in [0.05, 0.1) is 0 Å². The number of rotatable bonds is 11. The van der Waals surface area contributed by atoms with E-state index in [0.717, 1.165) is 30.5 Å². The third-order valence-corrected chi connectivity index (χ3v) is 6.60. The maximum Gasteiger partial charge on any atom is 0.319 e. The maximum atomic E-state index is 13.3. The molecule has 0 radical (unpaired) electrons. The van der Waals surface area contributed by atoms with Crippen LogP contribution in [0.15, 0.2) is 24.3 Å². The molecule has 1 fully saturated rings. The molecule has 2 N–H and O–H groups in total.